The summed E-state index contributed by atoms with van der Waals surface area (Å²) in [6.45, 7) is 3.02. The number of hydrogen-bond acceptors (Lipinski definition) is 2. The fourth-order valence-corrected chi connectivity index (χ4v) is 2.75. The summed E-state index contributed by atoms with van der Waals surface area (Å²) in [7, 11) is -1.42. The van der Waals surface area contributed by atoms with E-state index in [4.69, 9.17) is 23.2 Å². The van der Waals surface area contributed by atoms with Crippen LogP contribution in [-0.4, -0.2) is 15.2 Å². The van der Waals surface area contributed by atoms with Gasteiger partial charge in [-0.1, -0.05) is 23.2 Å². The molecule has 0 fully saturated rings. The van der Waals surface area contributed by atoms with Crippen LogP contribution in [0.4, 0.5) is 0 Å². The Kier molecular flexibility index (Phi) is 4.32. The van der Waals surface area contributed by atoms with Crippen LogP contribution < -0.4 is 0 Å². The standard InChI is InChI=1S/C10H10Cl2O2S/c1-6(13)7(2)15(14)10-4-3-8(11)5-9(10)12/h3-5,7H,1-2H3. The second-order valence-electron chi connectivity index (χ2n) is 3.13. The average Bonchev–Trinajstić information content (AvgIpc) is 2.15. The first-order valence-electron chi connectivity index (χ1n) is 4.29. The zero-order valence-corrected chi connectivity index (χ0v) is 10.6. The summed E-state index contributed by atoms with van der Waals surface area (Å²) in [5, 5.41) is 0.258. The van der Waals surface area contributed by atoms with Crippen molar-refractivity contribution in [1.29, 1.82) is 0 Å². The van der Waals surface area contributed by atoms with Gasteiger partial charge in [-0.2, -0.15) is 0 Å². The molecule has 1 aromatic rings. The van der Waals surface area contributed by atoms with Gasteiger partial charge in [-0.05, 0) is 32.0 Å². The van der Waals surface area contributed by atoms with E-state index in [1.807, 2.05) is 0 Å². The summed E-state index contributed by atoms with van der Waals surface area (Å²) in [4.78, 5) is 11.5. The van der Waals surface area contributed by atoms with Gasteiger partial charge in [0.15, 0.2) is 0 Å². The molecular weight excluding hydrogens is 255 g/mol. The molecular formula is C10H10Cl2O2S. The smallest absolute Gasteiger partial charge is 0.145 e. The fraction of sp³-hybridized carbons (Fsp3) is 0.300. The molecule has 0 bridgehead atoms. The average molecular weight is 265 g/mol. The molecule has 0 aromatic heterocycles. The van der Waals surface area contributed by atoms with Crippen molar-refractivity contribution in [3.8, 4) is 0 Å². The van der Waals surface area contributed by atoms with Crippen molar-refractivity contribution in [3.05, 3.63) is 28.2 Å². The van der Waals surface area contributed by atoms with Crippen LogP contribution in [0.3, 0.4) is 0 Å². The van der Waals surface area contributed by atoms with Crippen molar-refractivity contribution in [1.82, 2.24) is 0 Å². The van der Waals surface area contributed by atoms with Gasteiger partial charge in [0, 0.05) is 5.02 Å². The van der Waals surface area contributed by atoms with Crippen LogP contribution in [0, 0.1) is 0 Å². The Morgan fingerprint density at radius 2 is 2.00 bits per heavy atom. The quantitative estimate of drug-likeness (QED) is 0.841. The van der Waals surface area contributed by atoms with E-state index in [9.17, 15) is 9.00 Å². The second-order valence-corrected chi connectivity index (χ2v) is 5.71. The highest BCUT2D eigenvalue weighted by molar-refractivity contribution is 7.86. The van der Waals surface area contributed by atoms with E-state index in [1.54, 1.807) is 19.1 Å². The SMILES string of the molecule is CC(=O)C(C)S(=O)c1ccc(Cl)cc1Cl. The van der Waals surface area contributed by atoms with Gasteiger partial charge in [0.25, 0.3) is 0 Å². The first kappa shape index (κ1) is 12.7. The lowest BCUT2D eigenvalue weighted by Gasteiger charge is -2.09. The molecule has 0 amide bonds. The lowest BCUT2D eigenvalue weighted by molar-refractivity contribution is -0.116. The van der Waals surface area contributed by atoms with E-state index in [0.717, 1.165) is 0 Å². The fourth-order valence-electron chi connectivity index (χ4n) is 0.980. The number of benzene rings is 1. The summed E-state index contributed by atoms with van der Waals surface area (Å²) in [5.41, 5.74) is 0. The summed E-state index contributed by atoms with van der Waals surface area (Å²) < 4.78 is 11.9. The number of rotatable bonds is 3. The van der Waals surface area contributed by atoms with E-state index in [-0.39, 0.29) is 5.78 Å². The maximum Gasteiger partial charge on any atom is 0.145 e. The molecule has 0 saturated carbocycles. The number of Topliss-reactive ketones (excluding diaryl/α,β-unsaturated/α-hetero) is 1. The molecule has 2 nitrogen and oxygen atoms in total. The van der Waals surface area contributed by atoms with Crippen molar-refractivity contribution < 1.29 is 9.00 Å². The molecule has 0 radical (unpaired) electrons. The Hall–Kier alpha value is -0.380. The number of carbonyl (C=O) groups is 1. The van der Waals surface area contributed by atoms with Crippen LogP contribution in [0.15, 0.2) is 23.1 Å². The van der Waals surface area contributed by atoms with Gasteiger partial charge in [-0.15, -0.1) is 0 Å². The third kappa shape index (κ3) is 3.03. The highest BCUT2D eigenvalue weighted by Crippen LogP contribution is 2.25. The molecule has 0 aliphatic rings. The van der Waals surface area contributed by atoms with E-state index in [0.29, 0.717) is 14.9 Å². The van der Waals surface area contributed by atoms with Gasteiger partial charge in [0.1, 0.15) is 5.78 Å². The van der Waals surface area contributed by atoms with Gasteiger partial charge in [-0.3, -0.25) is 9.00 Å². The summed E-state index contributed by atoms with van der Waals surface area (Å²) in [6.07, 6.45) is 0. The third-order valence-corrected chi connectivity index (χ3v) is 4.43. The molecule has 82 valence electrons. The minimum Gasteiger partial charge on any atom is -0.299 e. The normalized spacial score (nSPS) is 14.7. The minimum atomic E-state index is -1.42. The Morgan fingerprint density at radius 3 is 2.47 bits per heavy atom. The first-order chi connectivity index (χ1) is 6.93. The number of carbonyl (C=O) groups excluding carboxylic acids is 1. The summed E-state index contributed by atoms with van der Waals surface area (Å²) in [6, 6.07) is 4.71. The van der Waals surface area contributed by atoms with Gasteiger partial charge in [-0.25, -0.2) is 0 Å². The van der Waals surface area contributed by atoms with Crippen LogP contribution in [0.25, 0.3) is 0 Å². The maximum atomic E-state index is 11.9. The van der Waals surface area contributed by atoms with Gasteiger partial charge in [0.05, 0.1) is 26.0 Å². The second kappa shape index (κ2) is 5.10. The Labute approximate surface area is 101 Å². The highest BCUT2D eigenvalue weighted by atomic mass is 35.5. The predicted molar refractivity (Wildman–Crippen MR) is 63.0 cm³/mol. The minimum absolute atomic E-state index is 0.126. The molecule has 1 aromatic carbocycles. The lowest BCUT2D eigenvalue weighted by Crippen LogP contribution is -2.19. The van der Waals surface area contributed by atoms with Crippen molar-refractivity contribution in [2.45, 2.75) is 24.0 Å². The molecule has 0 aliphatic carbocycles. The van der Waals surface area contributed by atoms with Crippen LogP contribution in [0.1, 0.15) is 13.8 Å². The maximum absolute atomic E-state index is 11.9. The molecule has 0 spiro atoms. The third-order valence-electron chi connectivity index (χ3n) is 2.00. The van der Waals surface area contributed by atoms with Crippen LogP contribution in [0.5, 0.6) is 0 Å². The van der Waals surface area contributed by atoms with Crippen molar-refractivity contribution >= 4 is 39.8 Å². The molecule has 0 heterocycles. The van der Waals surface area contributed by atoms with E-state index in [2.05, 4.69) is 0 Å². The molecule has 5 heteroatoms. The van der Waals surface area contributed by atoms with Crippen molar-refractivity contribution in [2.75, 3.05) is 0 Å². The molecule has 2 atom stereocenters. The van der Waals surface area contributed by atoms with E-state index < -0.39 is 16.0 Å². The molecule has 0 aliphatic heterocycles. The van der Waals surface area contributed by atoms with Crippen molar-refractivity contribution in [2.24, 2.45) is 0 Å². The predicted octanol–water partition coefficient (Wildman–Crippen LogP) is 3.08. The number of hydrogen-bond donors (Lipinski definition) is 0. The monoisotopic (exact) mass is 264 g/mol. The Bertz CT molecular complexity index is 418. The van der Waals surface area contributed by atoms with Gasteiger partial charge in [0.2, 0.25) is 0 Å². The highest BCUT2D eigenvalue weighted by Gasteiger charge is 2.19. The lowest BCUT2D eigenvalue weighted by atomic mass is 10.3. The molecule has 0 N–H and O–H groups in total. The van der Waals surface area contributed by atoms with Crippen LogP contribution in [-0.2, 0) is 15.6 Å². The number of halogens is 2. The van der Waals surface area contributed by atoms with E-state index in [1.165, 1.54) is 13.0 Å². The largest absolute Gasteiger partial charge is 0.299 e. The van der Waals surface area contributed by atoms with Crippen molar-refractivity contribution in [3.63, 3.8) is 0 Å². The zero-order valence-electron chi connectivity index (χ0n) is 8.29. The van der Waals surface area contributed by atoms with Gasteiger partial charge >= 0.3 is 0 Å². The Balaban J connectivity index is 3.07. The molecule has 0 saturated heterocycles. The Morgan fingerprint density at radius 1 is 1.40 bits per heavy atom. The molecule has 15 heavy (non-hydrogen) atoms. The van der Waals surface area contributed by atoms with Crippen LogP contribution >= 0.6 is 23.2 Å². The summed E-state index contributed by atoms with van der Waals surface area (Å²) in [5.74, 6) is -0.126. The number of ketones is 1. The van der Waals surface area contributed by atoms with Crippen LogP contribution in [0.2, 0.25) is 10.0 Å². The molecule has 1 rings (SSSR count). The van der Waals surface area contributed by atoms with E-state index >= 15 is 0 Å². The van der Waals surface area contributed by atoms with Gasteiger partial charge < -0.3 is 0 Å². The molecule has 2 unspecified atom stereocenters. The topological polar surface area (TPSA) is 34.1 Å². The summed E-state index contributed by atoms with van der Waals surface area (Å²) >= 11 is 11.6. The first-order valence-corrected chi connectivity index (χ1v) is 6.26. The zero-order chi connectivity index (χ0) is 11.6.